The van der Waals surface area contributed by atoms with Crippen molar-refractivity contribution in [1.29, 1.82) is 0 Å². The Balaban J connectivity index is 2.01. The summed E-state index contributed by atoms with van der Waals surface area (Å²) in [5.74, 6) is 0.958. The summed E-state index contributed by atoms with van der Waals surface area (Å²) < 4.78 is 6.57. The number of hydrogen-bond donors (Lipinski definition) is 1. The van der Waals surface area contributed by atoms with Crippen LogP contribution in [0.15, 0.2) is 53.0 Å². The maximum Gasteiger partial charge on any atom is 0.122 e. The van der Waals surface area contributed by atoms with E-state index in [4.69, 9.17) is 4.74 Å². The molecule has 112 valence electrons. The fourth-order valence-corrected chi connectivity index (χ4v) is 3.23. The summed E-state index contributed by atoms with van der Waals surface area (Å²) in [4.78, 5) is 0. The molecule has 0 saturated heterocycles. The zero-order valence-electron chi connectivity index (χ0n) is 12.8. The molecule has 0 heterocycles. The largest absolute Gasteiger partial charge is 0.496 e. The van der Waals surface area contributed by atoms with Gasteiger partial charge in [-0.15, -0.1) is 0 Å². The lowest BCUT2D eigenvalue weighted by atomic mass is 10.0. The number of rotatable bonds is 6. The molecular formula is C18H22BrNO. The Morgan fingerprint density at radius 2 is 1.71 bits per heavy atom. The van der Waals surface area contributed by atoms with Crippen molar-refractivity contribution in [3.8, 4) is 5.75 Å². The molecule has 0 bridgehead atoms. The number of para-hydroxylation sites is 1. The summed E-state index contributed by atoms with van der Waals surface area (Å²) in [6.07, 6.45) is 0.943. The van der Waals surface area contributed by atoms with Gasteiger partial charge < -0.3 is 10.1 Å². The van der Waals surface area contributed by atoms with Gasteiger partial charge in [0.05, 0.1) is 7.11 Å². The minimum atomic E-state index is 0.297. The highest BCUT2D eigenvalue weighted by Crippen LogP contribution is 2.24. The van der Waals surface area contributed by atoms with Crippen molar-refractivity contribution < 1.29 is 4.74 Å². The first-order valence-electron chi connectivity index (χ1n) is 7.24. The van der Waals surface area contributed by atoms with Crippen molar-refractivity contribution in [2.24, 2.45) is 0 Å². The molecule has 0 radical (unpaired) electrons. The zero-order valence-corrected chi connectivity index (χ0v) is 14.4. The molecular weight excluding hydrogens is 326 g/mol. The van der Waals surface area contributed by atoms with E-state index in [1.807, 2.05) is 18.2 Å². The van der Waals surface area contributed by atoms with Crippen LogP contribution in [0, 0.1) is 0 Å². The molecule has 21 heavy (non-hydrogen) atoms. The van der Waals surface area contributed by atoms with Gasteiger partial charge in [-0.1, -0.05) is 52.3 Å². The van der Waals surface area contributed by atoms with Gasteiger partial charge in [-0.25, -0.2) is 0 Å². The third kappa shape index (κ3) is 4.32. The summed E-state index contributed by atoms with van der Waals surface area (Å²) in [6, 6.07) is 17.2. The Morgan fingerprint density at radius 1 is 1.05 bits per heavy atom. The second-order valence-electron chi connectivity index (χ2n) is 5.33. The summed E-state index contributed by atoms with van der Waals surface area (Å²) in [7, 11) is 1.72. The average Bonchev–Trinajstić information content (AvgIpc) is 2.48. The lowest BCUT2D eigenvalue weighted by Crippen LogP contribution is -2.31. The quantitative estimate of drug-likeness (QED) is 0.814. The third-order valence-corrected chi connectivity index (χ3v) is 4.35. The first kappa shape index (κ1) is 16.1. The van der Waals surface area contributed by atoms with Crippen LogP contribution in [0.2, 0.25) is 0 Å². The number of ether oxygens (including phenoxy) is 1. The van der Waals surface area contributed by atoms with E-state index in [0.717, 1.165) is 16.6 Å². The summed E-state index contributed by atoms with van der Waals surface area (Å²) in [5.41, 5.74) is 2.52. The molecule has 2 nitrogen and oxygen atoms in total. The van der Waals surface area contributed by atoms with Crippen LogP contribution < -0.4 is 10.1 Å². The average molecular weight is 348 g/mol. The van der Waals surface area contributed by atoms with E-state index in [1.165, 1.54) is 11.1 Å². The lowest BCUT2D eigenvalue weighted by Gasteiger charge is -2.22. The molecule has 0 amide bonds. The highest BCUT2D eigenvalue weighted by molar-refractivity contribution is 9.10. The van der Waals surface area contributed by atoms with Gasteiger partial charge in [-0.2, -0.15) is 0 Å². The SMILES string of the molecule is COc1ccccc1CC(C)NC(C)c1ccccc1Br. The van der Waals surface area contributed by atoms with Crippen LogP contribution >= 0.6 is 15.9 Å². The molecule has 0 spiro atoms. The van der Waals surface area contributed by atoms with Gasteiger partial charge in [0, 0.05) is 16.6 Å². The van der Waals surface area contributed by atoms with Crippen LogP contribution in [-0.4, -0.2) is 13.2 Å². The maximum absolute atomic E-state index is 5.42. The van der Waals surface area contributed by atoms with E-state index in [1.54, 1.807) is 7.11 Å². The smallest absolute Gasteiger partial charge is 0.122 e. The maximum atomic E-state index is 5.42. The van der Waals surface area contributed by atoms with Crippen LogP contribution in [-0.2, 0) is 6.42 Å². The van der Waals surface area contributed by atoms with Gasteiger partial charge in [0.15, 0.2) is 0 Å². The molecule has 0 aliphatic carbocycles. The van der Waals surface area contributed by atoms with E-state index in [0.29, 0.717) is 12.1 Å². The molecule has 1 N–H and O–H groups in total. The first-order valence-corrected chi connectivity index (χ1v) is 8.03. The Morgan fingerprint density at radius 3 is 2.43 bits per heavy atom. The molecule has 2 unspecified atom stereocenters. The molecule has 2 aromatic rings. The van der Waals surface area contributed by atoms with Crippen molar-refractivity contribution >= 4 is 15.9 Å². The lowest BCUT2D eigenvalue weighted by molar-refractivity contribution is 0.403. The minimum absolute atomic E-state index is 0.297. The molecule has 3 heteroatoms. The molecule has 0 fully saturated rings. The normalized spacial score (nSPS) is 13.7. The van der Waals surface area contributed by atoms with Crippen LogP contribution in [0.25, 0.3) is 0 Å². The number of hydrogen-bond acceptors (Lipinski definition) is 2. The van der Waals surface area contributed by atoms with Crippen LogP contribution in [0.1, 0.15) is 31.0 Å². The molecule has 0 aromatic heterocycles. The van der Waals surface area contributed by atoms with Crippen LogP contribution in [0.4, 0.5) is 0 Å². The van der Waals surface area contributed by atoms with Crippen molar-refractivity contribution in [1.82, 2.24) is 5.32 Å². The Kier molecular flexibility index (Phi) is 5.83. The van der Waals surface area contributed by atoms with E-state index in [-0.39, 0.29) is 0 Å². The number of benzene rings is 2. The number of methoxy groups -OCH3 is 1. The van der Waals surface area contributed by atoms with Gasteiger partial charge in [0.1, 0.15) is 5.75 Å². The molecule has 2 aromatic carbocycles. The van der Waals surface area contributed by atoms with Gasteiger partial charge >= 0.3 is 0 Å². The van der Waals surface area contributed by atoms with Gasteiger partial charge in [-0.05, 0) is 43.5 Å². The Labute approximate surface area is 135 Å². The van der Waals surface area contributed by atoms with E-state index >= 15 is 0 Å². The zero-order chi connectivity index (χ0) is 15.2. The molecule has 0 aliphatic rings. The van der Waals surface area contributed by atoms with E-state index in [2.05, 4.69) is 65.4 Å². The monoisotopic (exact) mass is 347 g/mol. The molecule has 2 rings (SSSR count). The van der Waals surface area contributed by atoms with Gasteiger partial charge in [0.25, 0.3) is 0 Å². The minimum Gasteiger partial charge on any atom is -0.496 e. The first-order chi connectivity index (χ1) is 10.1. The second kappa shape index (κ2) is 7.62. The van der Waals surface area contributed by atoms with Crippen molar-refractivity contribution in [2.75, 3.05) is 7.11 Å². The van der Waals surface area contributed by atoms with Gasteiger partial charge in [-0.3, -0.25) is 0 Å². The molecule has 0 saturated carbocycles. The van der Waals surface area contributed by atoms with Crippen LogP contribution in [0.5, 0.6) is 5.75 Å². The highest BCUT2D eigenvalue weighted by Gasteiger charge is 2.13. The fraction of sp³-hybridized carbons (Fsp3) is 0.333. The van der Waals surface area contributed by atoms with E-state index in [9.17, 15) is 0 Å². The standard InChI is InChI=1S/C18H22BrNO/c1-13(12-15-8-4-7-11-18(15)21-3)20-14(2)16-9-5-6-10-17(16)19/h4-11,13-14,20H,12H2,1-3H3. The molecule has 0 aliphatic heterocycles. The van der Waals surface area contributed by atoms with E-state index < -0.39 is 0 Å². The Hall–Kier alpha value is -1.32. The predicted octanol–water partition coefficient (Wildman–Crippen LogP) is 4.74. The number of nitrogens with one attached hydrogen (secondary N) is 1. The summed E-state index contributed by atoms with van der Waals surface area (Å²) in [6.45, 7) is 4.40. The molecule has 2 atom stereocenters. The highest BCUT2D eigenvalue weighted by atomic mass is 79.9. The predicted molar refractivity (Wildman–Crippen MR) is 91.9 cm³/mol. The Bertz CT molecular complexity index is 585. The fourth-order valence-electron chi connectivity index (χ4n) is 2.60. The van der Waals surface area contributed by atoms with Crippen LogP contribution in [0.3, 0.4) is 0 Å². The summed E-state index contributed by atoms with van der Waals surface area (Å²) in [5, 5.41) is 3.65. The topological polar surface area (TPSA) is 21.3 Å². The third-order valence-electron chi connectivity index (χ3n) is 3.62. The van der Waals surface area contributed by atoms with Crippen molar-refractivity contribution in [3.05, 3.63) is 64.1 Å². The summed E-state index contributed by atoms with van der Waals surface area (Å²) >= 11 is 3.62. The number of halogens is 1. The van der Waals surface area contributed by atoms with Crippen molar-refractivity contribution in [2.45, 2.75) is 32.4 Å². The second-order valence-corrected chi connectivity index (χ2v) is 6.18. The van der Waals surface area contributed by atoms with Gasteiger partial charge in [0.2, 0.25) is 0 Å². The van der Waals surface area contributed by atoms with Crippen molar-refractivity contribution in [3.63, 3.8) is 0 Å².